The third kappa shape index (κ3) is 6.24. The van der Waals surface area contributed by atoms with Crippen molar-refractivity contribution in [2.24, 2.45) is 5.92 Å². The number of hydrogen-bond donors (Lipinski definition) is 2. The minimum Gasteiger partial charge on any atom is -0.352 e. The fraction of sp³-hybridized carbons (Fsp3) is 0.480. The van der Waals surface area contributed by atoms with Crippen LogP contribution in [0.15, 0.2) is 36.4 Å². The van der Waals surface area contributed by atoms with E-state index in [1.807, 2.05) is 52.8 Å². The molecule has 0 saturated carbocycles. The second kappa shape index (κ2) is 9.86. The van der Waals surface area contributed by atoms with Gasteiger partial charge in [-0.1, -0.05) is 58.9 Å². The minimum absolute atomic E-state index is 0.0219. The van der Waals surface area contributed by atoms with E-state index >= 15 is 0 Å². The Hall–Kier alpha value is -2.01. The molecule has 0 spiro atoms. The smallest absolute Gasteiger partial charge is 0.223 e. The van der Waals surface area contributed by atoms with Gasteiger partial charge in [0.1, 0.15) is 18.3 Å². The number of rotatable bonds is 7. The first-order chi connectivity index (χ1) is 13.9. The van der Waals surface area contributed by atoms with Gasteiger partial charge in [-0.2, -0.15) is 0 Å². The number of anilines is 1. The summed E-state index contributed by atoms with van der Waals surface area (Å²) in [6.45, 7) is 12.4. The van der Waals surface area contributed by atoms with Crippen LogP contribution in [-0.2, 0) is 27.8 Å². The van der Waals surface area contributed by atoms with Gasteiger partial charge in [0.15, 0.2) is 0 Å². The van der Waals surface area contributed by atoms with E-state index < -0.39 is 0 Å². The number of carbonyl (C=O) groups excluding carboxylic acids is 1. The Morgan fingerprint density at radius 2 is 1.77 bits per heavy atom. The summed E-state index contributed by atoms with van der Waals surface area (Å²) in [4.78, 5) is 12.7. The Morgan fingerprint density at radius 1 is 1.10 bits per heavy atom. The van der Waals surface area contributed by atoms with Gasteiger partial charge in [0.25, 0.3) is 0 Å². The second-order valence-electron chi connectivity index (χ2n) is 9.35. The number of halogens is 1. The van der Waals surface area contributed by atoms with Gasteiger partial charge < -0.3 is 5.32 Å². The summed E-state index contributed by atoms with van der Waals surface area (Å²) in [7, 11) is 0. The highest BCUT2D eigenvalue weighted by molar-refractivity contribution is 7.96. The maximum atomic E-state index is 14.6. The topological polar surface area (TPSA) is 41.1 Å². The molecule has 0 aromatic heterocycles. The van der Waals surface area contributed by atoms with Crippen LogP contribution in [0.3, 0.4) is 0 Å². The van der Waals surface area contributed by atoms with Gasteiger partial charge in [-0.05, 0) is 52.6 Å². The predicted octanol–water partition coefficient (Wildman–Crippen LogP) is 5.69. The summed E-state index contributed by atoms with van der Waals surface area (Å²) in [6.07, 6.45) is 4.28. The molecule has 2 rings (SSSR count). The summed E-state index contributed by atoms with van der Waals surface area (Å²) >= 11 is 0.121. The third-order valence-corrected chi connectivity index (χ3v) is 6.19. The summed E-state index contributed by atoms with van der Waals surface area (Å²) < 4.78 is 18.0. The van der Waals surface area contributed by atoms with Gasteiger partial charge in [0.05, 0.1) is 16.8 Å². The molecule has 5 heteroatoms. The molecule has 0 aliphatic carbocycles. The zero-order chi connectivity index (χ0) is 22.6. The van der Waals surface area contributed by atoms with E-state index in [0.29, 0.717) is 12.1 Å². The molecule has 0 bridgehead atoms. The molecule has 2 aromatic rings. The first-order valence-corrected chi connectivity index (χ1v) is 12.5. The molecule has 1 amide bonds. The predicted molar refractivity (Wildman–Crippen MR) is 129 cm³/mol. The lowest BCUT2D eigenvalue weighted by Crippen LogP contribution is -2.31. The quantitative estimate of drug-likeness (QED) is 0.553. The largest absolute Gasteiger partial charge is 0.352 e. The Kier molecular flexibility index (Phi) is 7.98. The fourth-order valence-electron chi connectivity index (χ4n) is 3.46. The van der Waals surface area contributed by atoms with Crippen molar-refractivity contribution in [3.05, 3.63) is 64.5 Å². The van der Waals surface area contributed by atoms with Crippen LogP contribution in [0.4, 0.5) is 10.1 Å². The molecule has 0 heterocycles. The van der Waals surface area contributed by atoms with Crippen molar-refractivity contribution in [1.29, 1.82) is 0 Å². The van der Waals surface area contributed by atoms with Crippen LogP contribution in [0.5, 0.6) is 0 Å². The van der Waals surface area contributed by atoms with Crippen LogP contribution in [-0.4, -0.2) is 18.4 Å². The highest BCUT2D eigenvalue weighted by Gasteiger charge is 2.24. The fourth-order valence-corrected chi connectivity index (χ4v) is 4.13. The molecule has 0 aliphatic rings. The second-order valence-corrected chi connectivity index (χ2v) is 11.2. The van der Waals surface area contributed by atoms with E-state index in [-0.39, 0.29) is 40.1 Å². The first-order valence-electron chi connectivity index (χ1n) is 10.4. The number of nitrogens with one attached hydrogen (secondary N) is 2. The molecule has 0 aliphatic heterocycles. The van der Waals surface area contributed by atoms with Gasteiger partial charge in [0, 0.05) is 12.5 Å². The maximum absolute atomic E-state index is 14.6. The van der Waals surface area contributed by atoms with E-state index in [1.165, 1.54) is 5.56 Å². The highest BCUT2D eigenvalue weighted by Crippen LogP contribution is 2.30. The Balaban J connectivity index is 2.02. The average molecular weight is 432 g/mol. The molecule has 2 atom stereocenters. The molecule has 0 saturated heterocycles. The SMILES string of the molecule is Cc1cc(CNC(=O)C(C)C(C)c2ccc(C(C)(C)C)c(F)c2)ccc1N[S+](C)C. The van der Waals surface area contributed by atoms with Crippen molar-refractivity contribution in [1.82, 2.24) is 5.32 Å². The van der Waals surface area contributed by atoms with E-state index in [2.05, 4.69) is 41.6 Å². The molecule has 164 valence electrons. The van der Waals surface area contributed by atoms with Crippen LogP contribution in [0, 0.1) is 18.7 Å². The molecule has 2 N–H and O–H groups in total. The minimum atomic E-state index is -0.255. The van der Waals surface area contributed by atoms with Gasteiger partial charge in [0.2, 0.25) is 5.91 Å². The molecular formula is C25H36FN2OS+. The van der Waals surface area contributed by atoms with Crippen LogP contribution < -0.4 is 10.0 Å². The van der Waals surface area contributed by atoms with E-state index in [0.717, 1.165) is 16.8 Å². The van der Waals surface area contributed by atoms with E-state index in [1.54, 1.807) is 6.07 Å². The highest BCUT2D eigenvalue weighted by atomic mass is 32.2. The number of amides is 1. The Morgan fingerprint density at radius 3 is 2.30 bits per heavy atom. The van der Waals surface area contributed by atoms with E-state index in [4.69, 9.17) is 0 Å². The van der Waals surface area contributed by atoms with Crippen molar-refractivity contribution in [2.75, 3.05) is 17.2 Å². The molecule has 2 aromatic carbocycles. The maximum Gasteiger partial charge on any atom is 0.223 e. The van der Waals surface area contributed by atoms with Gasteiger partial charge in [-0.3, -0.25) is 4.79 Å². The average Bonchev–Trinajstić information content (AvgIpc) is 2.65. The van der Waals surface area contributed by atoms with Gasteiger partial charge >= 0.3 is 0 Å². The summed E-state index contributed by atoms with van der Waals surface area (Å²) in [5, 5.41) is 3.04. The lowest BCUT2D eigenvalue weighted by atomic mass is 9.83. The van der Waals surface area contributed by atoms with Crippen molar-refractivity contribution in [3.63, 3.8) is 0 Å². The van der Waals surface area contributed by atoms with Crippen molar-refractivity contribution in [3.8, 4) is 0 Å². The number of benzene rings is 2. The normalized spacial score (nSPS) is 13.8. The lowest BCUT2D eigenvalue weighted by Gasteiger charge is -2.23. The van der Waals surface area contributed by atoms with Crippen LogP contribution in [0.2, 0.25) is 0 Å². The zero-order valence-corrected chi connectivity index (χ0v) is 20.3. The number of hydrogen-bond acceptors (Lipinski definition) is 2. The molecular weight excluding hydrogens is 395 g/mol. The van der Waals surface area contributed by atoms with Crippen LogP contribution in [0.1, 0.15) is 62.8 Å². The van der Waals surface area contributed by atoms with Crippen LogP contribution >= 0.6 is 0 Å². The zero-order valence-electron chi connectivity index (χ0n) is 19.5. The third-order valence-electron chi connectivity index (χ3n) is 5.56. The molecule has 0 radical (unpaired) electrons. The number of aryl methyl sites for hydroxylation is 1. The van der Waals surface area contributed by atoms with Gasteiger partial charge in [-0.15, -0.1) is 0 Å². The standard InChI is InChI=1S/C25H35FN2OS/c1-16-13-19(9-12-23(16)28-30(7)8)15-27-24(29)18(3)17(2)20-10-11-21(22(26)14-20)25(4,5)6/h9-14,17-18,28H,15H2,1-8H3/p+1. The summed E-state index contributed by atoms with van der Waals surface area (Å²) in [6, 6.07) is 11.6. The summed E-state index contributed by atoms with van der Waals surface area (Å²) in [5.74, 6) is -0.556. The summed E-state index contributed by atoms with van der Waals surface area (Å²) in [5.41, 5.74) is 4.66. The van der Waals surface area contributed by atoms with Crippen LogP contribution in [0.25, 0.3) is 0 Å². The Labute approximate surface area is 184 Å². The molecule has 0 fully saturated rings. The van der Waals surface area contributed by atoms with Gasteiger partial charge in [-0.25, -0.2) is 9.11 Å². The molecule has 2 unspecified atom stereocenters. The van der Waals surface area contributed by atoms with Crippen molar-refractivity contribution in [2.45, 2.75) is 59.4 Å². The van der Waals surface area contributed by atoms with Crippen molar-refractivity contribution >= 4 is 22.7 Å². The lowest BCUT2D eigenvalue weighted by molar-refractivity contribution is -0.125. The van der Waals surface area contributed by atoms with Crippen molar-refractivity contribution < 1.29 is 9.18 Å². The monoisotopic (exact) mass is 431 g/mol. The molecule has 30 heavy (non-hydrogen) atoms. The number of carbonyl (C=O) groups is 1. The molecule has 3 nitrogen and oxygen atoms in total. The van der Waals surface area contributed by atoms with E-state index in [9.17, 15) is 9.18 Å². The Bertz CT molecular complexity index is 889. The first kappa shape index (κ1) is 24.3.